The summed E-state index contributed by atoms with van der Waals surface area (Å²) in [6.45, 7) is 2.32. The Morgan fingerprint density at radius 1 is 0.941 bits per heavy atom. The van der Waals surface area contributed by atoms with E-state index in [4.69, 9.17) is 0 Å². The van der Waals surface area contributed by atoms with Gasteiger partial charge in [-0.25, -0.2) is 0 Å². The quantitative estimate of drug-likeness (QED) is 0.644. The van der Waals surface area contributed by atoms with Crippen LogP contribution in [0.4, 0.5) is 26.3 Å². The van der Waals surface area contributed by atoms with Crippen LogP contribution in [0.15, 0.2) is 12.1 Å². The molecule has 0 amide bonds. The third-order valence-corrected chi connectivity index (χ3v) is 2.52. The summed E-state index contributed by atoms with van der Waals surface area (Å²) in [6.07, 6.45) is -9.50. The summed E-state index contributed by atoms with van der Waals surface area (Å²) < 4.78 is 75.5. The smallest absolute Gasteiger partial charge is 0.166 e. The summed E-state index contributed by atoms with van der Waals surface area (Å²) in [6, 6.07) is 1.59. The average molecular weight is 256 g/mol. The molecule has 0 spiro atoms. The lowest BCUT2D eigenvalue weighted by atomic mass is 9.95. The summed E-state index contributed by atoms with van der Waals surface area (Å²) in [5, 5.41) is 0. The molecule has 0 nitrogen and oxygen atoms in total. The maximum atomic E-state index is 12.7. The molecule has 0 atom stereocenters. The SMILES string of the molecule is CCc1ccc(C(F)(F)F)c(C)c1C(F)(F)F. The van der Waals surface area contributed by atoms with Crippen LogP contribution in [0.25, 0.3) is 0 Å². The van der Waals surface area contributed by atoms with Crippen LogP contribution in [-0.4, -0.2) is 0 Å². The van der Waals surface area contributed by atoms with Gasteiger partial charge in [-0.3, -0.25) is 0 Å². The third kappa shape index (κ3) is 2.73. The Balaban J connectivity index is 3.55. The minimum atomic E-state index is -4.77. The molecular weight excluding hydrogens is 246 g/mol. The molecule has 0 radical (unpaired) electrons. The molecule has 1 aromatic carbocycles. The molecule has 0 aromatic heterocycles. The predicted molar refractivity (Wildman–Crippen MR) is 50.6 cm³/mol. The number of benzene rings is 1. The molecule has 1 aromatic rings. The molecule has 0 N–H and O–H groups in total. The van der Waals surface area contributed by atoms with Crippen molar-refractivity contribution in [2.24, 2.45) is 0 Å². The number of alkyl halides is 6. The molecule has 17 heavy (non-hydrogen) atoms. The van der Waals surface area contributed by atoms with E-state index < -0.39 is 29.0 Å². The molecule has 0 aliphatic heterocycles. The lowest BCUT2D eigenvalue weighted by Gasteiger charge is -2.19. The van der Waals surface area contributed by atoms with E-state index in [-0.39, 0.29) is 12.0 Å². The number of halogens is 6. The molecule has 0 aliphatic carbocycles. The van der Waals surface area contributed by atoms with Crippen LogP contribution in [0.3, 0.4) is 0 Å². The van der Waals surface area contributed by atoms with Crippen LogP contribution < -0.4 is 0 Å². The zero-order valence-corrected chi connectivity index (χ0v) is 9.13. The monoisotopic (exact) mass is 256 g/mol. The largest absolute Gasteiger partial charge is 0.416 e. The van der Waals surface area contributed by atoms with E-state index in [9.17, 15) is 26.3 Å². The van der Waals surface area contributed by atoms with Gasteiger partial charge in [0.25, 0.3) is 0 Å². The van der Waals surface area contributed by atoms with Crippen molar-refractivity contribution in [2.45, 2.75) is 32.6 Å². The van der Waals surface area contributed by atoms with Crippen molar-refractivity contribution in [3.8, 4) is 0 Å². The van der Waals surface area contributed by atoms with E-state index in [0.717, 1.165) is 13.0 Å². The Labute approximate surface area is 94.2 Å². The Bertz CT molecular complexity index is 413. The highest BCUT2D eigenvalue weighted by molar-refractivity contribution is 5.43. The summed E-state index contributed by atoms with van der Waals surface area (Å²) >= 11 is 0. The fourth-order valence-corrected chi connectivity index (χ4v) is 1.76. The maximum absolute atomic E-state index is 12.7. The van der Waals surface area contributed by atoms with Crippen LogP contribution in [-0.2, 0) is 18.8 Å². The summed E-state index contributed by atoms with van der Waals surface area (Å²) in [5.74, 6) is 0. The summed E-state index contributed by atoms with van der Waals surface area (Å²) in [4.78, 5) is 0. The Hall–Kier alpha value is -1.20. The number of rotatable bonds is 1. The van der Waals surface area contributed by atoms with Crippen molar-refractivity contribution in [2.75, 3.05) is 0 Å². The first-order valence-electron chi connectivity index (χ1n) is 4.86. The average Bonchev–Trinajstić information content (AvgIpc) is 2.12. The second-order valence-electron chi connectivity index (χ2n) is 3.62. The van der Waals surface area contributed by atoms with E-state index >= 15 is 0 Å². The standard InChI is InChI=1S/C11H10F6/c1-3-7-4-5-8(10(12,13)14)6(2)9(7)11(15,16)17/h4-5H,3H2,1-2H3. The highest BCUT2D eigenvalue weighted by Crippen LogP contribution is 2.40. The highest BCUT2D eigenvalue weighted by atomic mass is 19.4. The van der Waals surface area contributed by atoms with Gasteiger partial charge in [0.2, 0.25) is 0 Å². The third-order valence-electron chi connectivity index (χ3n) is 2.52. The first-order chi connectivity index (χ1) is 7.59. The van der Waals surface area contributed by atoms with Gasteiger partial charge in [-0.1, -0.05) is 13.0 Å². The van der Waals surface area contributed by atoms with Crippen molar-refractivity contribution in [3.05, 3.63) is 34.4 Å². The second-order valence-corrected chi connectivity index (χ2v) is 3.62. The molecule has 0 saturated carbocycles. The van der Waals surface area contributed by atoms with Crippen LogP contribution in [0.5, 0.6) is 0 Å². The molecule has 0 heterocycles. The predicted octanol–water partition coefficient (Wildman–Crippen LogP) is 4.60. The molecular formula is C11H10F6. The first-order valence-corrected chi connectivity index (χ1v) is 4.86. The Morgan fingerprint density at radius 2 is 1.47 bits per heavy atom. The molecule has 0 unspecified atom stereocenters. The van der Waals surface area contributed by atoms with Gasteiger partial charge in [0, 0.05) is 0 Å². The molecule has 1 rings (SSSR count). The van der Waals surface area contributed by atoms with Gasteiger partial charge >= 0.3 is 12.4 Å². The van der Waals surface area contributed by atoms with Gasteiger partial charge in [-0.05, 0) is 30.5 Å². The molecule has 0 bridgehead atoms. The fourth-order valence-electron chi connectivity index (χ4n) is 1.76. The number of hydrogen-bond donors (Lipinski definition) is 0. The molecule has 0 aliphatic rings. The molecule has 0 fully saturated rings. The van der Waals surface area contributed by atoms with Crippen molar-refractivity contribution in [1.82, 2.24) is 0 Å². The summed E-state index contributed by atoms with van der Waals surface area (Å²) in [5.41, 5.74) is -3.29. The van der Waals surface area contributed by atoms with Gasteiger partial charge in [0.15, 0.2) is 0 Å². The van der Waals surface area contributed by atoms with Crippen LogP contribution in [0.2, 0.25) is 0 Å². The zero-order valence-electron chi connectivity index (χ0n) is 9.13. The van der Waals surface area contributed by atoms with Gasteiger partial charge in [0.1, 0.15) is 0 Å². The molecule has 0 saturated heterocycles. The van der Waals surface area contributed by atoms with Gasteiger partial charge in [0.05, 0.1) is 11.1 Å². The Morgan fingerprint density at radius 3 is 1.82 bits per heavy atom. The topological polar surface area (TPSA) is 0 Å². The van der Waals surface area contributed by atoms with E-state index in [2.05, 4.69) is 0 Å². The van der Waals surface area contributed by atoms with Crippen LogP contribution in [0, 0.1) is 6.92 Å². The molecule has 6 heteroatoms. The number of aryl methyl sites for hydroxylation is 1. The highest BCUT2D eigenvalue weighted by Gasteiger charge is 2.40. The van der Waals surface area contributed by atoms with E-state index in [0.29, 0.717) is 6.07 Å². The van der Waals surface area contributed by atoms with Crippen molar-refractivity contribution >= 4 is 0 Å². The zero-order chi connectivity index (χ0) is 13.4. The molecule has 96 valence electrons. The Kier molecular flexibility index (Phi) is 3.45. The van der Waals surface area contributed by atoms with Crippen molar-refractivity contribution < 1.29 is 26.3 Å². The van der Waals surface area contributed by atoms with Crippen LogP contribution >= 0.6 is 0 Å². The second kappa shape index (κ2) is 4.23. The van der Waals surface area contributed by atoms with E-state index in [1.807, 2.05) is 0 Å². The van der Waals surface area contributed by atoms with E-state index in [1.54, 1.807) is 0 Å². The minimum absolute atomic E-state index is 0.0355. The van der Waals surface area contributed by atoms with Crippen molar-refractivity contribution in [3.63, 3.8) is 0 Å². The lowest BCUT2D eigenvalue weighted by molar-refractivity contribution is -0.144. The number of hydrogen-bond acceptors (Lipinski definition) is 0. The normalized spacial score (nSPS) is 12.9. The van der Waals surface area contributed by atoms with Gasteiger partial charge < -0.3 is 0 Å². The van der Waals surface area contributed by atoms with Gasteiger partial charge in [-0.2, -0.15) is 26.3 Å². The van der Waals surface area contributed by atoms with Crippen LogP contribution in [0.1, 0.15) is 29.2 Å². The minimum Gasteiger partial charge on any atom is -0.166 e. The summed E-state index contributed by atoms with van der Waals surface area (Å²) in [7, 11) is 0. The van der Waals surface area contributed by atoms with Crippen molar-refractivity contribution in [1.29, 1.82) is 0 Å². The fraction of sp³-hybridized carbons (Fsp3) is 0.455. The lowest BCUT2D eigenvalue weighted by Crippen LogP contribution is -2.16. The van der Waals surface area contributed by atoms with E-state index in [1.165, 1.54) is 6.92 Å². The maximum Gasteiger partial charge on any atom is 0.416 e. The van der Waals surface area contributed by atoms with Gasteiger partial charge in [-0.15, -0.1) is 0 Å². The first kappa shape index (κ1) is 13.9.